The highest BCUT2D eigenvalue weighted by Gasteiger charge is 2.15. The number of nitrogens with one attached hydrogen (secondary N) is 1. The van der Waals surface area contributed by atoms with Gasteiger partial charge in [-0.3, -0.25) is 4.99 Å². The van der Waals surface area contributed by atoms with E-state index in [2.05, 4.69) is 27.3 Å². The van der Waals surface area contributed by atoms with E-state index in [0.717, 1.165) is 44.2 Å². The Bertz CT molecular complexity index is 499. The molecule has 1 atom stereocenters. The van der Waals surface area contributed by atoms with Gasteiger partial charge in [0.15, 0.2) is 5.96 Å². The molecule has 0 spiro atoms. The van der Waals surface area contributed by atoms with E-state index in [1.54, 1.807) is 14.2 Å². The molecule has 24 heavy (non-hydrogen) atoms. The van der Waals surface area contributed by atoms with Gasteiger partial charge in [0.05, 0.1) is 26.4 Å². The van der Waals surface area contributed by atoms with Crippen molar-refractivity contribution < 1.29 is 14.2 Å². The Kier molecular flexibility index (Phi) is 7.85. The topological polar surface area (TPSA) is 55.3 Å². The largest absolute Gasteiger partial charge is 0.497 e. The van der Waals surface area contributed by atoms with Gasteiger partial charge in [0.1, 0.15) is 5.75 Å². The average Bonchev–Trinajstić information content (AvgIpc) is 3.12. The quantitative estimate of drug-likeness (QED) is 0.447. The van der Waals surface area contributed by atoms with E-state index in [9.17, 15) is 0 Å². The standard InChI is InChI=1S/C18H29N3O3/c1-19-18(20-10-12-23-14-17-5-4-11-24-17)21(2)13-15-6-8-16(22-3)9-7-15/h6-9,17H,4-5,10-14H2,1-3H3,(H,19,20). The molecule has 0 aromatic heterocycles. The molecule has 0 aliphatic carbocycles. The Morgan fingerprint density at radius 3 is 2.79 bits per heavy atom. The summed E-state index contributed by atoms with van der Waals surface area (Å²) in [5.41, 5.74) is 1.20. The van der Waals surface area contributed by atoms with Gasteiger partial charge in [-0.05, 0) is 30.5 Å². The van der Waals surface area contributed by atoms with E-state index in [0.29, 0.717) is 13.2 Å². The van der Waals surface area contributed by atoms with Crippen LogP contribution < -0.4 is 10.1 Å². The molecular formula is C18H29N3O3. The minimum absolute atomic E-state index is 0.280. The van der Waals surface area contributed by atoms with Crippen LogP contribution in [0.15, 0.2) is 29.3 Å². The average molecular weight is 335 g/mol. The van der Waals surface area contributed by atoms with Crippen molar-refractivity contribution in [2.45, 2.75) is 25.5 Å². The Labute approximate surface area is 144 Å². The first-order chi connectivity index (χ1) is 11.7. The summed E-state index contributed by atoms with van der Waals surface area (Å²) in [4.78, 5) is 6.40. The molecule has 1 aromatic carbocycles. The number of nitrogens with zero attached hydrogens (tertiary/aromatic N) is 2. The molecule has 1 fully saturated rings. The van der Waals surface area contributed by atoms with Crippen LogP contribution in [-0.2, 0) is 16.0 Å². The highest BCUT2D eigenvalue weighted by atomic mass is 16.5. The second kappa shape index (κ2) is 10.2. The van der Waals surface area contributed by atoms with Gasteiger partial charge in [-0.1, -0.05) is 12.1 Å². The van der Waals surface area contributed by atoms with Gasteiger partial charge in [-0.15, -0.1) is 0 Å². The third-order valence-corrected chi connectivity index (χ3v) is 4.01. The van der Waals surface area contributed by atoms with E-state index >= 15 is 0 Å². The van der Waals surface area contributed by atoms with Crippen LogP contribution in [-0.4, -0.2) is 64.5 Å². The summed E-state index contributed by atoms with van der Waals surface area (Å²) in [6, 6.07) is 8.07. The van der Waals surface area contributed by atoms with E-state index in [4.69, 9.17) is 14.2 Å². The zero-order valence-corrected chi connectivity index (χ0v) is 15.0. The number of rotatable bonds is 8. The number of hydrogen-bond acceptors (Lipinski definition) is 4. The van der Waals surface area contributed by atoms with E-state index in [1.165, 1.54) is 5.56 Å². The van der Waals surface area contributed by atoms with Gasteiger partial charge in [-0.25, -0.2) is 0 Å². The molecule has 1 aliphatic heterocycles. The summed E-state index contributed by atoms with van der Waals surface area (Å²) < 4.78 is 16.4. The number of ether oxygens (including phenoxy) is 3. The molecule has 1 unspecified atom stereocenters. The molecular weight excluding hydrogens is 306 g/mol. The molecule has 1 heterocycles. The van der Waals surface area contributed by atoms with Gasteiger partial charge in [0, 0.05) is 33.8 Å². The van der Waals surface area contributed by atoms with E-state index in [-0.39, 0.29) is 6.10 Å². The normalized spacial score (nSPS) is 17.8. The first kappa shape index (κ1) is 18.5. The molecule has 1 aliphatic rings. The fraction of sp³-hybridized carbons (Fsp3) is 0.611. The van der Waals surface area contributed by atoms with Gasteiger partial charge in [0.2, 0.25) is 0 Å². The number of hydrogen-bond donors (Lipinski definition) is 1. The van der Waals surface area contributed by atoms with Gasteiger partial charge < -0.3 is 24.4 Å². The fourth-order valence-electron chi connectivity index (χ4n) is 2.69. The summed E-state index contributed by atoms with van der Waals surface area (Å²) in [7, 11) is 5.49. The van der Waals surface area contributed by atoms with Crippen molar-refractivity contribution >= 4 is 5.96 Å². The van der Waals surface area contributed by atoms with Crippen LogP contribution in [0.5, 0.6) is 5.75 Å². The van der Waals surface area contributed by atoms with Crippen LogP contribution in [0.1, 0.15) is 18.4 Å². The molecule has 2 rings (SSSR count). The summed E-state index contributed by atoms with van der Waals surface area (Å²) in [6.45, 7) is 3.71. The van der Waals surface area contributed by atoms with E-state index < -0.39 is 0 Å². The zero-order valence-electron chi connectivity index (χ0n) is 15.0. The van der Waals surface area contributed by atoms with Crippen LogP contribution in [0.3, 0.4) is 0 Å². The summed E-state index contributed by atoms with van der Waals surface area (Å²) in [5.74, 6) is 1.72. The minimum Gasteiger partial charge on any atom is -0.497 e. The van der Waals surface area contributed by atoms with Crippen molar-refractivity contribution in [1.82, 2.24) is 10.2 Å². The highest BCUT2D eigenvalue weighted by Crippen LogP contribution is 2.13. The lowest BCUT2D eigenvalue weighted by molar-refractivity contribution is 0.0190. The lowest BCUT2D eigenvalue weighted by Gasteiger charge is -2.22. The molecule has 134 valence electrons. The number of methoxy groups -OCH3 is 1. The maximum absolute atomic E-state index is 5.66. The maximum Gasteiger partial charge on any atom is 0.193 e. The van der Waals surface area contributed by atoms with Crippen LogP contribution in [0.4, 0.5) is 0 Å². The Balaban J connectivity index is 1.67. The Hall–Kier alpha value is -1.79. The maximum atomic E-state index is 5.66. The predicted molar refractivity (Wildman–Crippen MR) is 95.6 cm³/mol. The van der Waals surface area contributed by atoms with Gasteiger partial charge in [0.25, 0.3) is 0 Å². The van der Waals surface area contributed by atoms with Crippen LogP contribution in [0, 0.1) is 0 Å². The number of aliphatic imine (C=N–C) groups is 1. The van der Waals surface area contributed by atoms with Crippen molar-refractivity contribution in [3.63, 3.8) is 0 Å². The first-order valence-electron chi connectivity index (χ1n) is 8.47. The number of guanidine groups is 1. The fourth-order valence-corrected chi connectivity index (χ4v) is 2.69. The lowest BCUT2D eigenvalue weighted by Crippen LogP contribution is -2.40. The molecule has 1 N–H and O–H groups in total. The minimum atomic E-state index is 0.280. The lowest BCUT2D eigenvalue weighted by atomic mass is 10.2. The van der Waals surface area contributed by atoms with Crippen molar-refractivity contribution in [2.75, 3.05) is 47.6 Å². The van der Waals surface area contributed by atoms with Crippen molar-refractivity contribution in [1.29, 1.82) is 0 Å². The van der Waals surface area contributed by atoms with Crippen molar-refractivity contribution in [3.8, 4) is 5.75 Å². The zero-order chi connectivity index (χ0) is 17.2. The molecule has 1 aromatic rings. The van der Waals surface area contributed by atoms with Crippen molar-refractivity contribution in [3.05, 3.63) is 29.8 Å². The second-order valence-corrected chi connectivity index (χ2v) is 5.89. The summed E-state index contributed by atoms with van der Waals surface area (Å²) in [5, 5.41) is 3.32. The van der Waals surface area contributed by atoms with Gasteiger partial charge >= 0.3 is 0 Å². The second-order valence-electron chi connectivity index (χ2n) is 5.89. The third-order valence-electron chi connectivity index (χ3n) is 4.01. The highest BCUT2D eigenvalue weighted by molar-refractivity contribution is 5.79. The molecule has 6 heteroatoms. The Morgan fingerprint density at radius 2 is 2.17 bits per heavy atom. The monoisotopic (exact) mass is 335 g/mol. The molecule has 0 amide bonds. The number of benzene rings is 1. The molecule has 6 nitrogen and oxygen atoms in total. The van der Waals surface area contributed by atoms with Crippen LogP contribution >= 0.6 is 0 Å². The van der Waals surface area contributed by atoms with Crippen LogP contribution in [0.25, 0.3) is 0 Å². The SMILES string of the molecule is CN=C(NCCOCC1CCCO1)N(C)Cc1ccc(OC)cc1. The summed E-state index contributed by atoms with van der Waals surface area (Å²) >= 11 is 0. The predicted octanol–water partition coefficient (Wildman–Crippen LogP) is 1.90. The summed E-state index contributed by atoms with van der Waals surface area (Å²) in [6.07, 6.45) is 2.54. The van der Waals surface area contributed by atoms with Gasteiger partial charge in [-0.2, -0.15) is 0 Å². The third kappa shape index (κ3) is 6.02. The van der Waals surface area contributed by atoms with E-state index in [1.807, 2.05) is 19.2 Å². The molecule has 0 radical (unpaired) electrons. The molecule has 0 bridgehead atoms. The first-order valence-corrected chi connectivity index (χ1v) is 8.47. The van der Waals surface area contributed by atoms with Crippen molar-refractivity contribution in [2.24, 2.45) is 4.99 Å². The molecule has 0 saturated carbocycles. The Morgan fingerprint density at radius 1 is 1.38 bits per heavy atom. The van der Waals surface area contributed by atoms with Crippen LogP contribution in [0.2, 0.25) is 0 Å². The smallest absolute Gasteiger partial charge is 0.193 e. The molecule has 1 saturated heterocycles.